The predicted molar refractivity (Wildman–Crippen MR) is 74.4 cm³/mol. The van der Waals surface area contributed by atoms with Crippen LogP contribution in [-0.4, -0.2) is 33.5 Å². The standard InChI is InChI=1S/C14H25NO5/c1-2-3-4-5-6-7-8-9-11(16)14(15,13(19)20)10-12(17)18/h2-10,15H2,1H3,(H,17,18)(H,19,20)/t14-/m1/s1. The lowest BCUT2D eigenvalue weighted by Crippen LogP contribution is -2.56. The zero-order chi connectivity index (χ0) is 15.6. The average molecular weight is 287 g/mol. The Kier molecular flexibility index (Phi) is 8.79. The first-order valence-corrected chi connectivity index (χ1v) is 7.12. The van der Waals surface area contributed by atoms with Crippen molar-refractivity contribution in [3.05, 3.63) is 0 Å². The molecule has 6 heteroatoms. The third-order valence-corrected chi connectivity index (χ3v) is 3.32. The minimum absolute atomic E-state index is 0.0177. The van der Waals surface area contributed by atoms with E-state index in [4.69, 9.17) is 15.9 Å². The van der Waals surface area contributed by atoms with Gasteiger partial charge < -0.3 is 15.9 Å². The van der Waals surface area contributed by atoms with Crippen molar-refractivity contribution in [3.8, 4) is 0 Å². The van der Waals surface area contributed by atoms with Gasteiger partial charge in [0.15, 0.2) is 11.3 Å². The topological polar surface area (TPSA) is 118 Å². The van der Waals surface area contributed by atoms with Crippen molar-refractivity contribution in [1.29, 1.82) is 0 Å². The van der Waals surface area contributed by atoms with E-state index < -0.39 is 29.7 Å². The molecule has 6 nitrogen and oxygen atoms in total. The van der Waals surface area contributed by atoms with Gasteiger partial charge in [0.05, 0.1) is 6.42 Å². The Morgan fingerprint density at radius 1 is 0.950 bits per heavy atom. The molecule has 0 radical (unpaired) electrons. The van der Waals surface area contributed by atoms with Crippen LogP contribution in [0.5, 0.6) is 0 Å². The van der Waals surface area contributed by atoms with Crippen molar-refractivity contribution in [3.63, 3.8) is 0 Å². The second-order valence-corrected chi connectivity index (χ2v) is 5.14. The highest BCUT2D eigenvalue weighted by molar-refractivity contribution is 6.09. The van der Waals surface area contributed by atoms with Crippen LogP contribution in [0, 0.1) is 0 Å². The number of hydrogen-bond donors (Lipinski definition) is 3. The first kappa shape index (κ1) is 18.6. The molecule has 0 aliphatic carbocycles. The Bertz CT molecular complexity index is 342. The molecule has 0 aromatic rings. The molecular weight excluding hydrogens is 262 g/mol. The highest BCUT2D eigenvalue weighted by atomic mass is 16.4. The SMILES string of the molecule is CCCCCCCCCC(=O)[C@](N)(CC(=O)O)C(=O)O. The van der Waals surface area contributed by atoms with E-state index in [1.54, 1.807) is 0 Å². The van der Waals surface area contributed by atoms with E-state index in [1.807, 2.05) is 0 Å². The van der Waals surface area contributed by atoms with Crippen LogP contribution in [0.1, 0.15) is 64.7 Å². The van der Waals surface area contributed by atoms with E-state index in [9.17, 15) is 14.4 Å². The van der Waals surface area contributed by atoms with Crippen LogP contribution in [-0.2, 0) is 14.4 Å². The van der Waals surface area contributed by atoms with Gasteiger partial charge in [-0.1, -0.05) is 45.4 Å². The zero-order valence-electron chi connectivity index (χ0n) is 12.1. The minimum atomic E-state index is -2.30. The molecule has 0 heterocycles. The fourth-order valence-electron chi connectivity index (χ4n) is 2.00. The molecule has 4 N–H and O–H groups in total. The largest absolute Gasteiger partial charge is 0.481 e. The number of hydrogen-bond acceptors (Lipinski definition) is 4. The highest BCUT2D eigenvalue weighted by Crippen LogP contribution is 2.15. The second-order valence-electron chi connectivity index (χ2n) is 5.14. The summed E-state index contributed by atoms with van der Waals surface area (Å²) in [5.74, 6) is -3.67. The second kappa shape index (κ2) is 9.47. The number of carbonyl (C=O) groups is 3. The molecule has 0 rings (SSSR count). The zero-order valence-corrected chi connectivity index (χ0v) is 12.1. The lowest BCUT2D eigenvalue weighted by molar-refractivity contribution is -0.154. The quantitative estimate of drug-likeness (QED) is 0.373. The molecule has 0 bridgehead atoms. The molecule has 0 aromatic carbocycles. The van der Waals surface area contributed by atoms with Crippen LogP contribution in [0.4, 0.5) is 0 Å². The summed E-state index contributed by atoms with van der Waals surface area (Å²) in [4.78, 5) is 33.4. The van der Waals surface area contributed by atoms with Crippen molar-refractivity contribution in [2.45, 2.75) is 70.3 Å². The molecule has 0 saturated heterocycles. The lowest BCUT2D eigenvalue weighted by Gasteiger charge is -2.21. The van der Waals surface area contributed by atoms with E-state index >= 15 is 0 Å². The Hall–Kier alpha value is -1.43. The molecule has 0 fully saturated rings. The van der Waals surface area contributed by atoms with E-state index in [2.05, 4.69) is 6.92 Å². The van der Waals surface area contributed by atoms with Crippen LogP contribution >= 0.6 is 0 Å². The van der Waals surface area contributed by atoms with E-state index in [0.29, 0.717) is 6.42 Å². The fraction of sp³-hybridized carbons (Fsp3) is 0.786. The molecule has 0 unspecified atom stereocenters. The van der Waals surface area contributed by atoms with E-state index in [1.165, 1.54) is 19.3 Å². The van der Waals surface area contributed by atoms with Crippen LogP contribution in [0.2, 0.25) is 0 Å². The summed E-state index contributed by atoms with van der Waals surface area (Å²) >= 11 is 0. The van der Waals surface area contributed by atoms with Crippen LogP contribution in [0.15, 0.2) is 0 Å². The van der Waals surface area contributed by atoms with Crippen molar-refractivity contribution in [2.24, 2.45) is 5.73 Å². The molecule has 0 aromatic heterocycles. The number of aliphatic carboxylic acids is 2. The average Bonchev–Trinajstić information content (AvgIpc) is 2.36. The van der Waals surface area contributed by atoms with Crippen LogP contribution < -0.4 is 5.73 Å². The van der Waals surface area contributed by atoms with Gasteiger partial charge in [-0.3, -0.25) is 9.59 Å². The Morgan fingerprint density at radius 3 is 1.90 bits per heavy atom. The molecule has 0 aliphatic heterocycles. The molecule has 0 spiro atoms. The molecule has 0 aliphatic rings. The van der Waals surface area contributed by atoms with Crippen molar-refractivity contribution in [2.75, 3.05) is 0 Å². The maximum Gasteiger partial charge on any atom is 0.332 e. The van der Waals surface area contributed by atoms with Gasteiger partial charge in [0.2, 0.25) is 0 Å². The molecule has 1 atom stereocenters. The van der Waals surface area contributed by atoms with Crippen molar-refractivity contribution < 1.29 is 24.6 Å². The predicted octanol–water partition coefficient (Wildman–Crippen LogP) is 1.95. The van der Waals surface area contributed by atoms with Gasteiger partial charge in [0.1, 0.15) is 0 Å². The summed E-state index contributed by atoms with van der Waals surface area (Å²) in [5, 5.41) is 17.6. The maximum atomic E-state index is 11.8. The van der Waals surface area contributed by atoms with Crippen LogP contribution in [0.3, 0.4) is 0 Å². The summed E-state index contributed by atoms with van der Waals surface area (Å²) in [7, 11) is 0. The molecule has 0 amide bonds. The Balaban J connectivity index is 4.09. The van der Waals surface area contributed by atoms with Gasteiger partial charge in [0.25, 0.3) is 0 Å². The molecular formula is C14H25NO5. The molecule has 0 saturated carbocycles. The number of carboxylic acids is 2. The van der Waals surface area contributed by atoms with E-state index in [0.717, 1.165) is 19.3 Å². The Labute approximate surface area is 119 Å². The van der Waals surface area contributed by atoms with Gasteiger partial charge in [-0.05, 0) is 6.42 Å². The minimum Gasteiger partial charge on any atom is -0.481 e. The highest BCUT2D eigenvalue weighted by Gasteiger charge is 2.43. The first-order valence-electron chi connectivity index (χ1n) is 7.12. The normalized spacial score (nSPS) is 13.7. The fourth-order valence-corrected chi connectivity index (χ4v) is 2.00. The smallest absolute Gasteiger partial charge is 0.332 e. The van der Waals surface area contributed by atoms with Gasteiger partial charge in [-0.2, -0.15) is 0 Å². The number of carbonyl (C=O) groups excluding carboxylic acids is 1. The third kappa shape index (κ3) is 6.65. The van der Waals surface area contributed by atoms with Crippen LogP contribution in [0.25, 0.3) is 0 Å². The summed E-state index contributed by atoms with van der Waals surface area (Å²) in [5.41, 5.74) is 3.14. The summed E-state index contributed by atoms with van der Waals surface area (Å²) in [6.45, 7) is 2.13. The van der Waals surface area contributed by atoms with Crippen molar-refractivity contribution >= 4 is 17.7 Å². The van der Waals surface area contributed by atoms with Gasteiger partial charge in [-0.25, -0.2) is 4.79 Å². The number of ketones is 1. The first-order chi connectivity index (χ1) is 9.34. The van der Waals surface area contributed by atoms with Gasteiger partial charge in [-0.15, -0.1) is 0 Å². The molecule has 20 heavy (non-hydrogen) atoms. The van der Waals surface area contributed by atoms with E-state index in [-0.39, 0.29) is 6.42 Å². The number of carboxylic acid groups (broad SMARTS) is 2. The lowest BCUT2D eigenvalue weighted by atomic mass is 9.88. The third-order valence-electron chi connectivity index (χ3n) is 3.32. The number of Topliss-reactive ketones (excluding diaryl/α,β-unsaturated/α-hetero) is 1. The number of rotatable bonds is 12. The summed E-state index contributed by atoms with van der Waals surface area (Å²) in [6, 6.07) is 0. The van der Waals surface area contributed by atoms with Gasteiger partial charge >= 0.3 is 11.9 Å². The number of nitrogens with two attached hydrogens (primary N) is 1. The monoisotopic (exact) mass is 287 g/mol. The van der Waals surface area contributed by atoms with Crippen molar-refractivity contribution in [1.82, 2.24) is 0 Å². The number of unbranched alkanes of at least 4 members (excludes halogenated alkanes) is 6. The summed E-state index contributed by atoms with van der Waals surface area (Å²) in [6.07, 6.45) is 6.15. The Morgan fingerprint density at radius 2 is 1.45 bits per heavy atom. The molecule has 116 valence electrons. The summed E-state index contributed by atoms with van der Waals surface area (Å²) < 4.78 is 0. The van der Waals surface area contributed by atoms with Gasteiger partial charge in [0, 0.05) is 6.42 Å². The maximum absolute atomic E-state index is 11.8.